The number of carbonyl (C=O) groups is 1. The van der Waals surface area contributed by atoms with Crippen LogP contribution in [-0.2, 0) is 4.79 Å². The molecular formula is C12H19ClN4O. The lowest BCUT2D eigenvalue weighted by molar-refractivity contribution is -0.119. The van der Waals surface area contributed by atoms with Gasteiger partial charge in [-0.05, 0) is 12.8 Å². The Morgan fingerprint density at radius 2 is 2.17 bits per heavy atom. The van der Waals surface area contributed by atoms with E-state index in [1.165, 1.54) is 6.33 Å². The van der Waals surface area contributed by atoms with Crippen LogP contribution in [0.5, 0.6) is 0 Å². The molecule has 6 heteroatoms. The standard InChI is InChI=1S/C12H19ClN4O/c1-8(2)5-14-10(18)6-17(4)12-9(3)11(13)15-7-16-12/h7-8H,5-6H2,1-4H3,(H,14,18). The Kier molecular flexibility index (Phi) is 5.34. The van der Waals surface area contributed by atoms with Crippen LogP contribution in [0.15, 0.2) is 6.33 Å². The Morgan fingerprint density at radius 1 is 1.50 bits per heavy atom. The summed E-state index contributed by atoms with van der Waals surface area (Å²) in [6.07, 6.45) is 1.40. The van der Waals surface area contributed by atoms with Crippen molar-refractivity contribution in [2.45, 2.75) is 20.8 Å². The molecule has 0 aliphatic heterocycles. The molecular weight excluding hydrogens is 252 g/mol. The first kappa shape index (κ1) is 14.7. The van der Waals surface area contributed by atoms with E-state index in [-0.39, 0.29) is 12.5 Å². The molecule has 0 saturated carbocycles. The molecule has 5 nitrogen and oxygen atoms in total. The average molecular weight is 271 g/mol. The van der Waals surface area contributed by atoms with E-state index in [1.54, 1.807) is 11.9 Å². The number of carbonyl (C=O) groups excluding carboxylic acids is 1. The highest BCUT2D eigenvalue weighted by atomic mass is 35.5. The molecule has 0 bridgehead atoms. The van der Waals surface area contributed by atoms with Crippen molar-refractivity contribution in [3.8, 4) is 0 Å². The molecule has 1 amide bonds. The molecule has 0 aliphatic rings. The predicted molar refractivity (Wildman–Crippen MR) is 72.9 cm³/mol. The maximum absolute atomic E-state index is 11.7. The summed E-state index contributed by atoms with van der Waals surface area (Å²) in [7, 11) is 1.81. The van der Waals surface area contributed by atoms with Gasteiger partial charge in [0.05, 0.1) is 6.54 Å². The molecule has 100 valence electrons. The van der Waals surface area contributed by atoms with Crippen molar-refractivity contribution < 1.29 is 4.79 Å². The highest BCUT2D eigenvalue weighted by Gasteiger charge is 2.13. The normalized spacial score (nSPS) is 10.6. The van der Waals surface area contributed by atoms with Crippen LogP contribution in [0.3, 0.4) is 0 Å². The van der Waals surface area contributed by atoms with Gasteiger partial charge in [-0.15, -0.1) is 0 Å². The minimum Gasteiger partial charge on any atom is -0.354 e. The summed E-state index contributed by atoms with van der Waals surface area (Å²) in [5.74, 6) is 1.09. The molecule has 0 aliphatic carbocycles. The van der Waals surface area contributed by atoms with Gasteiger partial charge in [0.15, 0.2) is 0 Å². The second-order valence-corrected chi connectivity index (χ2v) is 5.03. The van der Waals surface area contributed by atoms with E-state index >= 15 is 0 Å². The quantitative estimate of drug-likeness (QED) is 0.827. The van der Waals surface area contributed by atoms with Gasteiger partial charge < -0.3 is 10.2 Å². The van der Waals surface area contributed by atoms with Gasteiger partial charge in [-0.25, -0.2) is 9.97 Å². The van der Waals surface area contributed by atoms with E-state index < -0.39 is 0 Å². The topological polar surface area (TPSA) is 58.1 Å². The van der Waals surface area contributed by atoms with Crippen LogP contribution < -0.4 is 10.2 Å². The van der Waals surface area contributed by atoms with Crippen molar-refractivity contribution in [3.05, 3.63) is 17.0 Å². The first-order chi connectivity index (χ1) is 8.41. The molecule has 0 unspecified atom stereocenters. The van der Waals surface area contributed by atoms with Crippen LogP contribution in [0, 0.1) is 12.8 Å². The van der Waals surface area contributed by atoms with Crippen molar-refractivity contribution in [3.63, 3.8) is 0 Å². The molecule has 0 radical (unpaired) electrons. The minimum absolute atomic E-state index is 0.0275. The van der Waals surface area contributed by atoms with E-state index in [4.69, 9.17) is 11.6 Å². The van der Waals surface area contributed by atoms with Crippen molar-refractivity contribution in [2.24, 2.45) is 5.92 Å². The van der Waals surface area contributed by atoms with E-state index in [0.29, 0.717) is 23.4 Å². The van der Waals surface area contributed by atoms with Gasteiger partial charge >= 0.3 is 0 Å². The lowest BCUT2D eigenvalue weighted by Crippen LogP contribution is -2.37. The molecule has 0 fully saturated rings. The van der Waals surface area contributed by atoms with Gasteiger partial charge in [-0.3, -0.25) is 4.79 Å². The van der Waals surface area contributed by atoms with Gasteiger partial charge in [0, 0.05) is 19.2 Å². The van der Waals surface area contributed by atoms with Crippen LogP contribution in [0.25, 0.3) is 0 Å². The highest BCUT2D eigenvalue weighted by Crippen LogP contribution is 2.20. The molecule has 0 atom stereocenters. The third kappa shape index (κ3) is 4.14. The number of anilines is 1. The maximum atomic E-state index is 11.7. The van der Waals surface area contributed by atoms with E-state index in [2.05, 4.69) is 29.1 Å². The summed E-state index contributed by atoms with van der Waals surface area (Å²) in [5.41, 5.74) is 0.776. The zero-order chi connectivity index (χ0) is 13.7. The molecule has 18 heavy (non-hydrogen) atoms. The smallest absolute Gasteiger partial charge is 0.239 e. The second kappa shape index (κ2) is 6.54. The van der Waals surface area contributed by atoms with Crippen molar-refractivity contribution in [1.29, 1.82) is 0 Å². The van der Waals surface area contributed by atoms with Crippen LogP contribution >= 0.6 is 11.6 Å². The number of hydrogen-bond acceptors (Lipinski definition) is 4. The fraction of sp³-hybridized carbons (Fsp3) is 0.583. The molecule has 1 heterocycles. The van der Waals surface area contributed by atoms with Crippen LogP contribution in [-0.4, -0.2) is 36.0 Å². The number of nitrogens with one attached hydrogen (secondary N) is 1. The molecule has 1 rings (SSSR count). The number of amides is 1. The van der Waals surface area contributed by atoms with Gasteiger partial charge in [0.1, 0.15) is 17.3 Å². The Labute approximate surface area is 113 Å². The number of hydrogen-bond donors (Lipinski definition) is 1. The molecule has 0 spiro atoms. The Balaban J connectivity index is 2.62. The Morgan fingerprint density at radius 3 is 2.78 bits per heavy atom. The summed E-state index contributed by atoms with van der Waals surface area (Å²) in [5, 5.41) is 3.27. The third-order valence-corrected chi connectivity index (χ3v) is 2.83. The Hall–Kier alpha value is -1.36. The van der Waals surface area contributed by atoms with Gasteiger partial charge in [-0.2, -0.15) is 0 Å². The summed E-state index contributed by atoms with van der Waals surface area (Å²) in [6.45, 7) is 6.87. The number of rotatable bonds is 5. The minimum atomic E-state index is -0.0275. The number of halogens is 1. The zero-order valence-electron chi connectivity index (χ0n) is 11.2. The van der Waals surface area contributed by atoms with Gasteiger partial charge in [0.25, 0.3) is 0 Å². The first-order valence-corrected chi connectivity index (χ1v) is 6.24. The number of aromatic nitrogens is 2. The van der Waals surface area contributed by atoms with Crippen molar-refractivity contribution >= 4 is 23.3 Å². The third-order valence-electron chi connectivity index (χ3n) is 2.45. The Bertz CT molecular complexity index is 423. The van der Waals surface area contributed by atoms with Crippen molar-refractivity contribution in [2.75, 3.05) is 25.0 Å². The summed E-state index contributed by atoms with van der Waals surface area (Å²) in [6, 6.07) is 0. The van der Waals surface area contributed by atoms with Crippen LogP contribution in [0.4, 0.5) is 5.82 Å². The van der Waals surface area contributed by atoms with Crippen molar-refractivity contribution in [1.82, 2.24) is 15.3 Å². The fourth-order valence-corrected chi connectivity index (χ4v) is 1.60. The second-order valence-electron chi connectivity index (χ2n) is 4.67. The lowest BCUT2D eigenvalue weighted by Gasteiger charge is -2.19. The number of nitrogens with zero attached hydrogens (tertiary/aromatic N) is 3. The number of likely N-dealkylation sites (N-methyl/N-ethyl adjacent to an activating group) is 1. The predicted octanol–water partition coefficient (Wildman–Crippen LogP) is 1.65. The van der Waals surface area contributed by atoms with Gasteiger partial charge in [0.2, 0.25) is 5.91 Å². The summed E-state index contributed by atoms with van der Waals surface area (Å²) >= 11 is 5.92. The largest absolute Gasteiger partial charge is 0.354 e. The molecule has 1 aromatic rings. The molecule has 0 saturated heterocycles. The lowest BCUT2D eigenvalue weighted by atomic mass is 10.2. The SMILES string of the molecule is Cc1c(Cl)ncnc1N(C)CC(=O)NCC(C)C. The summed E-state index contributed by atoms with van der Waals surface area (Å²) < 4.78 is 0. The van der Waals surface area contributed by atoms with E-state index in [9.17, 15) is 4.79 Å². The first-order valence-electron chi connectivity index (χ1n) is 5.86. The molecule has 0 aromatic carbocycles. The van der Waals surface area contributed by atoms with Crippen LogP contribution in [0.1, 0.15) is 19.4 Å². The average Bonchev–Trinajstić information content (AvgIpc) is 2.30. The highest BCUT2D eigenvalue weighted by molar-refractivity contribution is 6.30. The summed E-state index contributed by atoms with van der Waals surface area (Å²) in [4.78, 5) is 21.5. The van der Waals surface area contributed by atoms with E-state index in [1.807, 2.05) is 6.92 Å². The molecule has 1 aromatic heterocycles. The van der Waals surface area contributed by atoms with Crippen LogP contribution in [0.2, 0.25) is 5.15 Å². The van der Waals surface area contributed by atoms with E-state index in [0.717, 1.165) is 5.56 Å². The monoisotopic (exact) mass is 270 g/mol. The maximum Gasteiger partial charge on any atom is 0.239 e. The molecule has 1 N–H and O–H groups in total. The zero-order valence-corrected chi connectivity index (χ0v) is 12.0. The fourth-order valence-electron chi connectivity index (χ4n) is 1.47. The van der Waals surface area contributed by atoms with Gasteiger partial charge in [-0.1, -0.05) is 25.4 Å².